The number of carbonyl (C=O) groups is 1. The third-order valence-corrected chi connectivity index (χ3v) is 3.89. The van der Waals surface area contributed by atoms with Crippen molar-refractivity contribution in [2.24, 2.45) is 7.05 Å². The molecular weight excluding hydrogens is 248 g/mol. The van der Waals surface area contributed by atoms with Gasteiger partial charge in [-0.1, -0.05) is 12.8 Å². The molecule has 4 heteroatoms. The molecule has 0 aliphatic carbocycles. The van der Waals surface area contributed by atoms with Gasteiger partial charge in [0.1, 0.15) is 5.38 Å². The van der Waals surface area contributed by atoms with E-state index < -0.39 is 5.38 Å². The highest BCUT2D eigenvalue weighted by atomic mass is 35.5. The average Bonchev–Trinajstić information content (AvgIpc) is 2.63. The highest BCUT2D eigenvalue weighted by molar-refractivity contribution is 6.30. The number of carbonyl (C=O) groups excluding carboxylic acids is 1. The highest BCUT2D eigenvalue weighted by Crippen LogP contribution is 2.31. The van der Waals surface area contributed by atoms with Crippen LogP contribution in [-0.2, 0) is 11.8 Å². The Hall–Kier alpha value is -0.960. The molecule has 2 rings (SSSR count). The Morgan fingerprint density at radius 3 is 2.83 bits per heavy atom. The molecule has 0 radical (unpaired) electrons. The van der Waals surface area contributed by atoms with Crippen molar-refractivity contribution in [3.63, 3.8) is 0 Å². The summed E-state index contributed by atoms with van der Waals surface area (Å²) in [5.74, 6) is 0.0600. The van der Waals surface area contributed by atoms with E-state index in [1.165, 1.54) is 18.5 Å². The van der Waals surface area contributed by atoms with Crippen molar-refractivity contribution in [3.8, 4) is 0 Å². The first-order valence-electron chi connectivity index (χ1n) is 6.67. The lowest BCUT2D eigenvalue weighted by Crippen LogP contribution is -2.39. The third kappa shape index (κ3) is 2.72. The molecule has 2 heterocycles. The second-order valence-electron chi connectivity index (χ2n) is 5.06. The van der Waals surface area contributed by atoms with Crippen LogP contribution in [0.15, 0.2) is 18.3 Å². The van der Waals surface area contributed by atoms with Crippen LogP contribution in [0, 0.1) is 0 Å². The molecule has 100 valence electrons. The standard InChI is InChI=1S/C14H21ClN2O/c1-11(15)14(18)17-10-5-3-4-7-13(17)12-8-6-9-16(12)2/h6,8-9,11,13H,3-5,7,10H2,1-2H3. The molecule has 0 bridgehead atoms. The second kappa shape index (κ2) is 5.79. The molecule has 3 nitrogen and oxygen atoms in total. The first-order valence-corrected chi connectivity index (χ1v) is 7.10. The van der Waals surface area contributed by atoms with Crippen molar-refractivity contribution in [2.75, 3.05) is 6.54 Å². The smallest absolute Gasteiger partial charge is 0.240 e. The van der Waals surface area contributed by atoms with Crippen molar-refractivity contribution in [1.82, 2.24) is 9.47 Å². The number of alkyl halides is 1. The summed E-state index contributed by atoms with van der Waals surface area (Å²) in [4.78, 5) is 14.2. The summed E-state index contributed by atoms with van der Waals surface area (Å²) in [6, 6.07) is 4.32. The maximum absolute atomic E-state index is 12.3. The lowest BCUT2D eigenvalue weighted by molar-refractivity contribution is -0.133. The summed E-state index contributed by atoms with van der Waals surface area (Å²) in [5.41, 5.74) is 1.21. The number of aryl methyl sites for hydroxylation is 1. The predicted molar refractivity (Wildman–Crippen MR) is 73.7 cm³/mol. The van der Waals surface area contributed by atoms with Gasteiger partial charge in [0, 0.05) is 25.5 Å². The molecule has 0 aromatic carbocycles. The molecule has 0 spiro atoms. The minimum atomic E-state index is -0.439. The van der Waals surface area contributed by atoms with E-state index in [0.29, 0.717) is 0 Å². The van der Waals surface area contributed by atoms with E-state index in [9.17, 15) is 4.79 Å². The maximum Gasteiger partial charge on any atom is 0.240 e. The van der Waals surface area contributed by atoms with Crippen LogP contribution < -0.4 is 0 Å². The van der Waals surface area contributed by atoms with Crippen LogP contribution in [-0.4, -0.2) is 27.3 Å². The quantitative estimate of drug-likeness (QED) is 0.757. The lowest BCUT2D eigenvalue weighted by Gasteiger charge is -2.31. The van der Waals surface area contributed by atoms with Gasteiger partial charge >= 0.3 is 0 Å². The van der Waals surface area contributed by atoms with Crippen LogP contribution in [0.4, 0.5) is 0 Å². The van der Waals surface area contributed by atoms with E-state index in [0.717, 1.165) is 19.4 Å². The minimum absolute atomic E-state index is 0.0600. The van der Waals surface area contributed by atoms with Gasteiger partial charge in [-0.15, -0.1) is 11.6 Å². The van der Waals surface area contributed by atoms with Gasteiger partial charge in [-0.3, -0.25) is 4.79 Å². The second-order valence-corrected chi connectivity index (χ2v) is 5.71. The fourth-order valence-electron chi connectivity index (χ4n) is 2.73. The Kier molecular flexibility index (Phi) is 4.33. The zero-order valence-corrected chi connectivity index (χ0v) is 11.9. The SMILES string of the molecule is CC(Cl)C(=O)N1CCCCCC1c1cccn1C. The molecular formula is C14H21ClN2O. The predicted octanol–water partition coefficient (Wildman–Crippen LogP) is 3.10. The van der Waals surface area contributed by atoms with Crippen molar-refractivity contribution in [3.05, 3.63) is 24.0 Å². The summed E-state index contributed by atoms with van der Waals surface area (Å²) < 4.78 is 2.11. The lowest BCUT2D eigenvalue weighted by atomic mass is 10.1. The molecule has 0 saturated carbocycles. The van der Waals surface area contributed by atoms with E-state index in [1.807, 2.05) is 24.2 Å². The molecule has 0 N–H and O–H groups in total. The average molecular weight is 269 g/mol. The number of halogens is 1. The molecule has 1 saturated heterocycles. The van der Waals surface area contributed by atoms with Crippen LogP contribution in [0.25, 0.3) is 0 Å². The molecule has 1 aliphatic heterocycles. The van der Waals surface area contributed by atoms with Crippen molar-refractivity contribution in [2.45, 2.75) is 44.0 Å². The zero-order chi connectivity index (χ0) is 13.1. The van der Waals surface area contributed by atoms with Gasteiger partial charge in [-0.05, 0) is 31.9 Å². The number of aromatic nitrogens is 1. The molecule has 2 atom stereocenters. The van der Waals surface area contributed by atoms with Crippen molar-refractivity contribution >= 4 is 17.5 Å². The van der Waals surface area contributed by atoms with Crippen LogP contribution in [0.2, 0.25) is 0 Å². The van der Waals surface area contributed by atoms with E-state index in [1.54, 1.807) is 6.92 Å². The Bertz CT molecular complexity index is 414. The van der Waals surface area contributed by atoms with Gasteiger partial charge in [0.15, 0.2) is 0 Å². The van der Waals surface area contributed by atoms with Gasteiger partial charge in [0.2, 0.25) is 5.91 Å². The van der Waals surface area contributed by atoms with E-state index in [4.69, 9.17) is 11.6 Å². The summed E-state index contributed by atoms with van der Waals surface area (Å²) in [6.45, 7) is 2.59. The van der Waals surface area contributed by atoms with Crippen LogP contribution >= 0.6 is 11.6 Å². The topological polar surface area (TPSA) is 25.2 Å². The molecule has 1 amide bonds. The van der Waals surface area contributed by atoms with Crippen molar-refractivity contribution < 1.29 is 4.79 Å². The Labute approximate surface area is 114 Å². The number of amides is 1. The fraction of sp³-hybridized carbons (Fsp3) is 0.643. The van der Waals surface area contributed by atoms with Gasteiger partial charge < -0.3 is 9.47 Å². The summed E-state index contributed by atoms with van der Waals surface area (Å²) in [5, 5.41) is -0.439. The zero-order valence-electron chi connectivity index (χ0n) is 11.1. The maximum atomic E-state index is 12.3. The van der Waals surface area contributed by atoms with Crippen LogP contribution in [0.3, 0.4) is 0 Å². The normalized spacial score (nSPS) is 22.6. The summed E-state index contributed by atoms with van der Waals surface area (Å²) in [7, 11) is 2.03. The number of rotatable bonds is 2. The summed E-state index contributed by atoms with van der Waals surface area (Å²) in [6.07, 6.45) is 6.52. The molecule has 1 fully saturated rings. The highest BCUT2D eigenvalue weighted by Gasteiger charge is 2.29. The molecule has 1 aromatic rings. The fourth-order valence-corrected chi connectivity index (χ4v) is 2.85. The summed E-state index contributed by atoms with van der Waals surface area (Å²) >= 11 is 5.98. The first-order chi connectivity index (χ1) is 8.61. The number of hydrogen-bond donors (Lipinski definition) is 0. The number of nitrogens with zero attached hydrogens (tertiary/aromatic N) is 2. The van der Waals surface area contributed by atoms with Gasteiger partial charge in [0.05, 0.1) is 6.04 Å². The Morgan fingerprint density at radius 1 is 1.44 bits per heavy atom. The largest absolute Gasteiger partial charge is 0.353 e. The minimum Gasteiger partial charge on any atom is -0.353 e. The molecule has 1 aliphatic rings. The van der Waals surface area contributed by atoms with Crippen molar-refractivity contribution in [1.29, 1.82) is 0 Å². The molecule has 2 unspecified atom stereocenters. The van der Waals surface area contributed by atoms with Gasteiger partial charge in [-0.2, -0.15) is 0 Å². The first kappa shape index (κ1) is 13.5. The van der Waals surface area contributed by atoms with Gasteiger partial charge in [-0.25, -0.2) is 0 Å². The van der Waals surface area contributed by atoms with Crippen LogP contribution in [0.5, 0.6) is 0 Å². The Morgan fingerprint density at radius 2 is 2.22 bits per heavy atom. The monoisotopic (exact) mass is 268 g/mol. The third-order valence-electron chi connectivity index (χ3n) is 3.70. The van der Waals surface area contributed by atoms with E-state index in [2.05, 4.69) is 10.6 Å². The van der Waals surface area contributed by atoms with Gasteiger partial charge in [0.25, 0.3) is 0 Å². The molecule has 1 aromatic heterocycles. The van der Waals surface area contributed by atoms with Crippen LogP contribution in [0.1, 0.15) is 44.3 Å². The number of likely N-dealkylation sites (tertiary alicyclic amines) is 1. The van der Waals surface area contributed by atoms with E-state index >= 15 is 0 Å². The molecule has 18 heavy (non-hydrogen) atoms. The Balaban J connectivity index is 2.28. The number of hydrogen-bond acceptors (Lipinski definition) is 1. The van der Waals surface area contributed by atoms with E-state index in [-0.39, 0.29) is 11.9 Å².